The second-order valence-electron chi connectivity index (χ2n) is 7.33. The van der Waals surface area contributed by atoms with E-state index in [4.69, 9.17) is 4.74 Å². The van der Waals surface area contributed by atoms with Crippen molar-refractivity contribution < 1.29 is 4.74 Å². The molecule has 0 radical (unpaired) electrons. The number of likely N-dealkylation sites (tertiary alicyclic amines) is 1. The molecular weight excluding hydrogens is 348 g/mol. The van der Waals surface area contributed by atoms with Crippen LogP contribution < -0.4 is 10.6 Å². The molecule has 0 aliphatic carbocycles. The van der Waals surface area contributed by atoms with E-state index in [9.17, 15) is 0 Å². The third kappa shape index (κ3) is 6.36. The summed E-state index contributed by atoms with van der Waals surface area (Å²) in [7, 11) is 3.52. The molecule has 28 heavy (non-hydrogen) atoms. The zero-order chi connectivity index (χ0) is 19.6. The van der Waals surface area contributed by atoms with Crippen molar-refractivity contribution in [1.29, 1.82) is 0 Å². The summed E-state index contributed by atoms with van der Waals surface area (Å²) in [5.41, 5.74) is 5.04. The summed E-state index contributed by atoms with van der Waals surface area (Å²) in [6.07, 6.45) is 2.68. The quantitative estimate of drug-likeness (QED) is 0.545. The second-order valence-corrected chi connectivity index (χ2v) is 7.33. The minimum Gasteiger partial charge on any atom is -0.380 e. The molecule has 1 fully saturated rings. The van der Waals surface area contributed by atoms with Gasteiger partial charge in [0.1, 0.15) is 0 Å². The zero-order valence-electron chi connectivity index (χ0n) is 17.1. The number of hydrogen-bond donors (Lipinski definition) is 2. The first kappa shape index (κ1) is 20.4. The molecule has 0 amide bonds. The highest BCUT2D eigenvalue weighted by Gasteiger charge is 2.11. The topological polar surface area (TPSA) is 48.9 Å². The standard InChI is InChI=1S/C23H32N4O/c1-24-23(26-16-21-6-5-7-22(14-21)18-28-2)25-15-19-8-10-20(11-9-19)17-27-12-3-4-13-27/h5-11,14H,3-4,12-13,15-18H2,1-2H3,(H2,24,25,26). The minimum atomic E-state index is 0.634. The number of aliphatic imine (C=N–C) groups is 1. The predicted octanol–water partition coefficient (Wildman–Crippen LogP) is 3.29. The van der Waals surface area contributed by atoms with Gasteiger partial charge in [-0.05, 0) is 48.2 Å². The Bertz CT molecular complexity index is 751. The molecule has 0 bridgehead atoms. The van der Waals surface area contributed by atoms with Gasteiger partial charge in [0.05, 0.1) is 6.61 Å². The summed E-state index contributed by atoms with van der Waals surface area (Å²) >= 11 is 0. The maximum absolute atomic E-state index is 5.20. The van der Waals surface area contributed by atoms with Gasteiger partial charge in [0.15, 0.2) is 5.96 Å². The summed E-state index contributed by atoms with van der Waals surface area (Å²) in [4.78, 5) is 6.85. The molecule has 0 unspecified atom stereocenters. The lowest BCUT2D eigenvalue weighted by atomic mass is 10.1. The van der Waals surface area contributed by atoms with Crippen LogP contribution >= 0.6 is 0 Å². The highest BCUT2D eigenvalue weighted by molar-refractivity contribution is 5.79. The fraction of sp³-hybridized carbons (Fsp3) is 0.435. The van der Waals surface area contributed by atoms with Crippen molar-refractivity contribution in [3.8, 4) is 0 Å². The third-order valence-electron chi connectivity index (χ3n) is 5.07. The molecule has 2 aromatic rings. The van der Waals surface area contributed by atoms with Crippen LogP contribution in [0.3, 0.4) is 0 Å². The van der Waals surface area contributed by atoms with Gasteiger partial charge in [-0.1, -0.05) is 48.5 Å². The largest absolute Gasteiger partial charge is 0.380 e. The van der Waals surface area contributed by atoms with Gasteiger partial charge in [-0.2, -0.15) is 0 Å². The minimum absolute atomic E-state index is 0.634. The highest BCUT2D eigenvalue weighted by Crippen LogP contribution is 2.13. The van der Waals surface area contributed by atoms with Crippen molar-refractivity contribution in [2.75, 3.05) is 27.2 Å². The lowest BCUT2D eigenvalue weighted by Crippen LogP contribution is -2.36. The number of benzene rings is 2. The average Bonchev–Trinajstić information content (AvgIpc) is 3.23. The molecule has 1 saturated heterocycles. The van der Waals surface area contributed by atoms with Gasteiger partial charge < -0.3 is 15.4 Å². The Morgan fingerprint density at radius 3 is 2.25 bits per heavy atom. The number of nitrogens with one attached hydrogen (secondary N) is 2. The molecule has 1 heterocycles. The maximum atomic E-state index is 5.20. The van der Waals surface area contributed by atoms with Gasteiger partial charge in [-0.25, -0.2) is 0 Å². The molecule has 5 nitrogen and oxygen atoms in total. The van der Waals surface area contributed by atoms with Crippen molar-refractivity contribution in [2.24, 2.45) is 4.99 Å². The Morgan fingerprint density at radius 1 is 0.929 bits per heavy atom. The lowest BCUT2D eigenvalue weighted by Gasteiger charge is -2.15. The molecule has 2 N–H and O–H groups in total. The van der Waals surface area contributed by atoms with Crippen molar-refractivity contribution in [2.45, 2.75) is 39.1 Å². The number of hydrogen-bond acceptors (Lipinski definition) is 3. The van der Waals surface area contributed by atoms with E-state index in [-0.39, 0.29) is 0 Å². The third-order valence-corrected chi connectivity index (χ3v) is 5.07. The molecule has 1 aliphatic heterocycles. The number of ether oxygens (including phenoxy) is 1. The number of guanidine groups is 1. The number of methoxy groups -OCH3 is 1. The van der Waals surface area contributed by atoms with E-state index in [1.165, 1.54) is 48.2 Å². The smallest absolute Gasteiger partial charge is 0.191 e. The Hall–Kier alpha value is -2.37. The van der Waals surface area contributed by atoms with Crippen molar-refractivity contribution in [1.82, 2.24) is 15.5 Å². The van der Waals surface area contributed by atoms with E-state index in [0.717, 1.165) is 25.6 Å². The molecule has 5 heteroatoms. The monoisotopic (exact) mass is 380 g/mol. The van der Waals surface area contributed by atoms with E-state index < -0.39 is 0 Å². The van der Waals surface area contributed by atoms with E-state index in [1.807, 2.05) is 0 Å². The molecule has 2 aromatic carbocycles. The summed E-state index contributed by atoms with van der Waals surface area (Å²) in [5.74, 6) is 0.804. The first-order chi connectivity index (χ1) is 13.8. The van der Waals surface area contributed by atoms with Crippen LogP contribution in [0.15, 0.2) is 53.5 Å². The summed E-state index contributed by atoms with van der Waals surface area (Å²) < 4.78 is 5.20. The number of rotatable bonds is 8. The SMILES string of the molecule is CN=C(NCc1ccc(CN2CCCC2)cc1)NCc1cccc(COC)c1. The number of nitrogens with zero attached hydrogens (tertiary/aromatic N) is 2. The van der Waals surface area contributed by atoms with Crippen LogP contribution in [0.25, 0.3) is 0 Å². The Kier molecular flexibility index (Phi) is 7.88. The Morgan fingerprint density at radius 2 is 1.57 bits per heavy atom. The average molecular weight is 381 g/mol. The van der Waals surface area contributed by atoms with Crippen LogP contribution in [-0.4, -0.2) is 38.1 Å². The fourth-order valence-electron chi connectivity index (χ4n) is 3.55. The van der Waals surface area contributed by atoms with E-state index in [0.29, 0.717) is 6.61 Å². The van der Waals surface area contributed by atoms with E-state index in [2.05, 4.69) is 69.1 Å². The van der Waals surface area contributed by atoms with Gasteiger partial charge in [-0.15, -0.1) is 0 Å². The van der Waals surface area contributed by atoms with Gasteiger partial charge in [0, 0.05) is 33.8 Å². The maximum Gasteiger partial charge on any atom is 0.191 e. The fourth-order valence-corrected chi connectivity index (χ4v) is 3.55. The van der Waals surface area contributed by atoms with Crippen molar-refractivity contribution in [3.63, 3.8) is 0 Å². The first-order valence-corrected chi connectivity index (χ1v) is 10.1. The molecule has 0 spiro atoms. The van der Waals surface area contributed by atoms with Crippen molar-refractivity contribution in [3.05, 3.63) is 70.8 Å². The van der Waals surface area contributed by atoms with Crippen LogP contribution in [0, 0.1) is 0 Å². The van der Waals surface area contributed by atoms with Gasteiger partial charge in [-0.3, -0.25) is 9.89 Å². The molecular formula is C23H32N4O. The first-order valence-electron chi connectivity index (χ1n) is 10.1. The van der Waals surface area contributed by atoms with Gasteiger partial charge >= 0.3 is 0 Å². The molecule has 150 valence electrons. The van der Waals surface area contributed by atoms with Crippen LogP contribution in [0.2, 0.25) is 0 Å². The second kappa shape index (κ2) is 10.8. The lowest BCUT2D eigenvalue weighted by molar-refractivity contribution is 0.185. The summed E-state index contributed by atoms with van der Waals surface area (Å²) in [6, 6.07) is 17.3. The van der Waals surface area contributed by atoms with Crippen LogP contribution in [0.1, 0.15) is 35.1 Å². The Balaban J connectivity index is 1.45. The van der Waals surface area contributed by atoms with E-state index in [1.54, 1.807) is 14.2 Å². The van der Waals surface area contributed by atoms with Crippen LogP contribution in [0.4, 0.5) is 0 Å². The molecule has 0 aromatic heterocycles. The highest BCUT2D eigenvalue weighted by atomic mass is 16.5. The van der Waals surface area contributed by atoms with Crippen LogP contribution in [-0.2, 0) is 31.0 Å². The van der Waals surface area contributed by atoms with E-state index >= 15 is 0 Å². The normalized spacial score (nSPS) is 15.0. The predicted molar refractivity (Wildman–Crippen MR) is 115 cm³/mol. The van der Waals surface area contributed by atoms with Crippen LogP contribution in [0.5, 0.6) is 0 Å². The molecule has 3 rings (SSSR count). The molecule has 1 aliphatic rings. The van der Waals surface area contributed by atoms with Crippen molar-refractivity contribution >= 4 is 5.96 Å². The molecule has 0 saturated carbocycles. The zero-order valence-corrected chi connectivity index (χ0v) is 17.1. The van der Waals surface area contributed by atoms with Gasteiger partial charge in [0.25, 0.3) is 0 Å². The van der Waals surface area contributed by atoms with Gasteiger partial charge in [0.2, 0.25) is 0 Å². The summed E-state index contributed by atoms with van der Waals surface area (Å²) in [5, 5.41) is 6.77. The molecule has 0 atom stereocenters. The Labute approximate surface area is 168 Å². The summed E-state index contributed by atoms with van der Waals surface area (Å²) in [6.45, 7) is 5.66.